The maximum absolute atomic E-state index is 13.0. The van der Waals surface area contributed by atoms with Crippen molar-refractivity contribution in [3.63, 3.8) is 0 Å². The average Bonchev–Trinajstić information content (AvgIpc) is 3.03. The number of hydrogen-bond acceptors (Lipinski definition) is 5. The number of benzene rings is 1. The van der Waals surface area contributed by atoms with Crippen molar-refractivity contribution >= 4 is 11.9 Å². The monoisotopic (exact) mass is 381 g/mol. The summed E-state index contributed by atoms with van der Waals surface area (Å²) >= 11 is 0. The first kappa shape index (κ1) is 17.3. The van der Waals surface area contributed by atoms with Gasteiger partial charge in [0.05, 0.1) is 5.41 Å². The number of primary amides is 1. The lowest BCUT2D eigenvalue weighted by Gasteiger charge is -2.55. The fraction of sp³-hybridized carbons (Fsp3) is 0.476. The smallest absolute Gasteiger partial charge is 0.317 e. The van der Waals surface area contributed by atoms with Gasteiger partial charge >= 0.3 is 5.97 Å². The Morgan fingerprint density at radius 2 is 1.64 bits per heavy atom. The minimum atomic E-state index is -0.780. The molecule has 7 heteroatoms. The highest BCUT2D eigenvalue weighted by atomic mass is 16.5. The molecule has 4 saturated carbocycles. The van der Waals surface area contributed by atoms with Crippen molar-refractivity contribution in [2.75, 3.05) is 0 Å². The minimum absolute atomic E-state index is 0.0917. The van der Waals surface area contributed by atoms with Crippen LogP contribution in [0.5, 0.6) is 11.6 Å². The Bertz CT molecular complexity index is 912. The predicted molar refractivity (Wildman–Crippen MR) is 100 cm³/mol. The van der Waals surface area contributed by atoms with Crippen LogP contribution in [0.25, 0.3) is 11.4 Å². The fourth-order valence-corrected chi connectivity index (χ4v) is 5.93. The Balaban J connectivity index is 1.32. The van der Waals surface area contributed by atoms with Crippen LogP contribution in [0, 0.1) is 23.2 Å². The number of imidazole rings is 1. The van der Waals surface area contributed by atoms with E-state index in [0.29, 0.717) is 34.9 Å². The molecule has 0 radical (unpaired) electrons. The predicted octanol–water partition coefficient (Wildman–Crippen LogP) is 3.00. The van der Waals surface area contributed by atoms with Crippen molar-refractivity contribution in [1.29, 1.82) is 0 Å². The van der Waals surface area contributed by atoms with Crippen LogP contribution in [0.3, 0.4) is 0 Å². The third-order valence-corrected chi connectivity index (χ3v) is 6.74. The second kappa shape index (κ2) is 6.09. The van der Waals surface area contributed by atoms with Gasteiger partial charge < -0.3 is 20.6 Å². The zero-order valence-electron chi connectivity index (χ0n) is 15.5. The summed E-state index contributed by atoms with van der Waals surface area (Å²) in [5, 5.41) is 9.68. The molecule has 1 heterocycles. The number of hydrogen-bond donors (Lipinski definition) is 3. The third kappa shape index (κ3) is 2.77. The van der Waals surface area contributed by atoms with Crippen LogP contribution in [-0.4, -0.2) is 27.0 Å². The van der Waals surface area contributed by atoms with Gasteiger partial charge in [-0.3, -0.25) is 9.59 Å². The van der Waals surface area contributed by atoms with E-state index in [-0.39, 0.29) is 17.1 Å². The van der Waals surface area contributed by atoms with E-state index in [9.17, 15) is 14.7 Å². The Morgan fingerprint density at radius 1 is 1.07 bits per heavy atom. The molecule has 4 bridgehead atoms. The van der Waals surface area contributed by atoms with Gasteiger partial charge in [-0.05, 0) is 80.5 Å². The topological polar surface area (TPSA) is 118 Å². The second-order valence-electron chi connectivity index (χ2n) is 8.76. The van der Waals surface area contributed by atoms with Crippen LogP contribution in [0.1, 0.15) is 49.0 Å². The number of ether oxygens (including phenoxy) is 1. The van der Waals surface area contributed by atoms with Crippen molar-refractivity contribution in [3.8, 4) is 23.0 Å². The summed E-state index contributed by atoms with van der Waals surface area (Å²) in [7, 11) is 0. The van der Waals surface area contributed by atoms with E-state index >= 15 is 0 Å². The first-order chi connectivity index (χ1) is 13.4. The number of amides is 1. The molecule has 0 atom stereocenters. The van der Waals surface area contributed by atoms with Gasteiger partial charge in [-0.25, -0.2) is 0 Å². The van der Waals surface area contributed by atoms with Gasteiger partial charge in [0.25, 0.3) is 5.91 Å². The molecule has 4 N–H and O–H groups in total. The number of rotatable bonds is 4. The molecule has 4 aliphatic rings. The number of nitrogens with two attached hydrogens (primary N) is 1. The Kier molecular flexibility index (Phi) is 3.76. The number of carbonyl (C=O) groups excluding carboxylic acids is 2. The van der Waals surface area contributed by atoms with E-state index in [4.69, 9.17) is 10.5 Å². The molecular formula is C21H23N3O4. The summed E-state index contributed by atoms with van der Waals surface area (Å²) < 4.78 is 5.76. The van der Waals surface area contributed by atoms with Crippen LogP contribution in [0.4, 0.5) is 0 Å². The van der Waals surface area contributed by atoms with Gasteiger partial charge in [-0.15, -0.1) is 0 Å². The Hall–Kier alpha value is -2.83. The minimum Gasteiger partial charge on any atom is -0.492 e. The standard InChI is InChI=1S/C21H23N3O4/c22-17(25)16-19(26)24-18(23-16)14-1-3-15(4-2-14)28-20(27)21-8-11-5-12(9-21)7-13(6-11)10-21/h1-4,11-13,26H,5-10H2,(H2,22,25)(H,23,24). The molecule has 4 fully saturated rings. The van der Waals surface area contributed by atoms with Crippen LogP contribution < -0.4 is 10.5 Å². The highest BCUT2D eigenvalue weighted by Crippen LogP contribution is 2.60. The van der Waals surface area contributed by atoms with Gasteiger partial charge in [-0.2, -0.15) is 4.98 Å². The van der Waals surface area contributed by atoms with Crippen molar-refractivity contribution in [2.45, 2.75) is 38.5 Å². The van der Waals surface area contributed by atoms with Crippen LogP contribution in [0.2, 0.25) is 0 Å². The fourth-order valence-electron chi connectivity index (χ4n) is 5.93. The van der Waals surface area contributed by atoms with E-state index in [2.05, 4.69) is 9.97 Å². The van der Waals surface area contributed by atoms with Gasteiger partial charge in [0.15, 0.2) is 5.69 Å². The molecule has 146 valence electrons. The van der Waals surface area contributed by atoms with Crippen LogP contribution in [-0.2, 0) is 4.79 Å². The lowest BCUT2D eigenvalue weighted by Crippen LogP contribution is -2.51. The number of carbonyl (C=O) groups is 2. The summed E-state index contributed by atoms with van der Waals surface area (Å²) in [4.78, 5) is 30.9. The molecule has 28 heavy (non-hydrogen) atoms. The number of aromatic nitrogens is 2. The van der Waals surface area contributed by atoms with Gasteiger partial charge in [0, 0.05) is 5.56 Å². The number of nitrogens with zero attached hydrogens (tertiary/aromatic N) is 1. The van der Waals surface area contributed by atoms with Gasteiger partial charge in [0.1, 0.15) is 11.6 Å². The number of nitrogens with one attached hydrogen (secondary N) is 1. The molecule has 1 aromatic heterocycles. The van der Waals surface area contributed by atoms with Crippen molar-refractivity contribution in [2.24, 2.45) is 28.9 Å². The van der Waals surface area contributed by atoms with Gasteiger partial charge in [0.2, 0.25) is 5.88 Å². The molecule has 1 aromatic carbocycles. The molecule has 1 amide bonds. The van der Waals surface area contributed by atoms with Crippen LogP contribution in [0.15, 0.2) is 24.3 Å². The van der Waals surface area contributed by atoms with E-state index in [1.165, 1.54) is 19.3 Å². The molecule has 7 nitrogen and oxygen atoms in total. The number of H-pyrrole nitrogens is 1. The summed E-state index contributed by atoms with van der Waals surface area (Å²) in [6.07, 6.45) is 6.76. The van der Waals surface area contributed by atoms with E-state index in [0.717, 1.165) is 19.3 Å². The second-order valence-corrected chi connectivity index (χ2v) is 8.76. The summed E-state index contributed by atoms with van der Waals surface area (Å²) in [5.74, 6) is 1.58. The molecule has 0 spiro atoms. The quantitative estimate of drug-likeness (QED) is 0.556. The zero-order chi connectivity index (χ0) is 19.5. The lowest BCUT2D eigenvalue weighted by molar-refractivity contribution is -0.161. The number of aromatic hydroxyl groups is 1. The number of aromatic amines is 1. The zero-order valence-corrected chi connectivity index (χ0v) is 15.5. The summed E-state index contributed by atoms with van der Waals surface area (Å²) in [6.45, 7) is 0. The van der Waals surface area contributed by atoms with Gasteiger partial charge in [-0.1, -0.05) is 0 Å². The van der Waals surface area contributed by atoms with E-state index in [1.54, 1.807) is 24.3 Å². The molecular weight excluding hydrogens is 358 g/mol. The van der Waals surface area contributed by atoms with Crippen molar-refractivity contribution in [3.05, 3.63) is 30.0 Å². The maximum atomic E-state index is 13.0. The molecule has 2 aromatic rings. The SMILES string of the molecule is NC(=O)c1[nH]c(-c2ccc(OC(=O)C34CC5CC(CC(C5)C3)C4)cc2)nc1O. The molecule has 0 saturated heterocycles. The molecule has 4 aliphatic carbocycles. The normalized spacial score (nSPS) is 30.4. The largest absolute Gasteiger partial charge is 0.492 e. The van der Waals surface area contributed by atoms with E-state index in [1.807, 2.05) is 0 Å². The molecule has 6 rings (SSSR count). The molecule has 0 unspecified atom stereocenters. The van der Waals surface area contributed by atoms with E-state index < -0.39 is 11.8 Å². The van der Waals surface area contributed by atoms with Crippen molar-refractivity contribution in [1.82, 2.24) is 9.97 Å². The highest BCUT2D eigenvalue weighted by Gasteiger charge is 2.55. The molecule has 0 aliphatic heterocycles. The highest BCUT2D eigenvalue weighted by molar-refractivity contribution is 5.93. The van der Waals surface area contributed by atoms with Crippen molar-refractivity contribution < 1.29 is 19.4 Å². The number of esters is 1. The average molecular weight is 381 g/mol. The first-order valence-corrected chi connectivity index (χ1v) is 9.83. The summed E-state index contributed by atoms with van der Waals surface area (Å²) in [6, 6.07) is 6.87. The van der Waals surface area contributed by atoms with Crippen LogP contribution >= 0.6 is 0 Å². The first-order valence-electron chi connectivity index (χ1n) is 9.83. The Labute approximate surface area is 162 Å². The third-order valence-electron chi connectivity index (χ3n) is 6.74. The maximum Gasteiger partial charge on any atom is 0.317 e. The Morgan fingerprint density at radius 3 is 2.14 bits per heavy atom. The summed E-state index contributed by atoms with van der Waals surface area (Å²) in [5.41, 5.74) is 5.40. The lowest BCUT2D eigenvalue weighted by atomic mass is 9.49.